The van der Waals surface area contributed by atoms with Crippen LogP contribution in [0.4, 0.5) is 10.8 Å². The van der Waals surface area contributed by atoms with E-state index in [0.29, 0.717) is 0 Å². The average Bonchev–Trinajstić information content (AvgIpc) is 2.91. The summed E-state index contributed by atoms with van der Waals surface area (Å²) in [5.41, 5.74) is 4.50. The Bertz CT molecular complexity index is 719. The zero-order chi connectivity index (χ0) is 13.9. The summed E-state index contributed by atoms with van der Waals surface area (Å²) in [6.45, 7) is 2.09. The van der Waals surface area contributed by atoms with E-state index in [2.05, 4.69) is 81.6 Å². The molecular formula is C16H13IN2S. The molecule has 0 atom stereocenters. The third kappa shape index (κ3) is 3.02. The summed E-state index contributed by atoms with van der Waals surface area (Å²) in [6.07, 6.45) is 0. The fourth-order valence-electron chi connectivity index (χ4n) is 1.91. The zero-order valence-electron chi connectivity index (χ0n) is 10.9. The summed E-state index contributed by atoms with van der Waals surface area (Å²) in [4.78, 5) is 4.65. The maximum absolute atomic E-state index is 4.65. The molecule has 0 aliphatic rings. The first-order valence-corrected chi connectivity index (χ1v) is 8.22. The molecule has 2 nitrogen and oxygen atoms in total. The van der Waals surface area contributed by atoms with Gasteiger partial charge in [-0.25, -0.2) is 4.98 Å². The van der Waals surface area contributed by atoms with Gasteiger partial charge < -0.3 is 5.32 Å². The number of thiazole rings is 1. The van der Waals surface area contributed by atoms with E-state index in [4.69, 9.17) is 0 Å². The lowest BCUT2D eigenvalue weighted by molar-refractivity contribution is 1.36. The molecule has 0 saturated carbocycles. The molecule has 100 valence electrons. The molecule has 1 N–H and O–H groups in total. The van der Waals surface area contributed by atoms with Gasteiger partial charge in [0.25, 0.3) is 0 Å². The van der Waals surface area contributed by atoms with Gasteiger partial charge in [0.15, 0.2) is 5.13 Å². The van der Waals surface area contributed by atoms with Crippen LogP contribution in [0.15, 0.2) is 53.9 Å². The van der Waals surface area contributed by atoms with Crippen molar-refractivity contribution >= 4 is 44.7 Å². The van der Waals surface area contributed by atoms with Crippen LogP contribution in [0.2, 0.25) is 0 Å². The number of para-hydroxylation sites is 1. The molecule has 0 radical (unpaired) electrons. The van der Waals surface area contributed by atoms with Crippen LogP contribution >= 0.6 is 33.9 Å². The molecule has 2 aromatic carbocycles. The zero-order valence-corrected chi connectivity index (χ0v) is 13.9. The summed E-state index contributed by atoms with van der Waals surface area (Å²) in [7, 11) is 0. The van der Waals surface area contributed by atoms with Crippen molar-refractivity contribution in [1.29, 1.82) is 0 Å². The van der Waals surface area contributed by atoms with Crippen molar-refractivity contribution in [3.63, 3.8) is 0 Å². The Morgan fingerprint density at radius 1 is 1.05 bits per heavy atom. The molecule has 20 heavy (non-hydrogen) atoms. The third-order valence-electron chi connectivity index (χ3n) is 3.03. The van der Waals surface area contributed by atoms with Crippen LogP contribution in [-0.2, 0) is 0 Å². The predicted molar refractivity (Wildman–Crippen MR) is 94.7 cm³/mol. The molecule has 3 rings (SSSR count). The molecule has 3 aromatic rings. The third-order valence-corrected chi connectivity index (χ3v) is 4.51. The van der Waals surface area contributed by atoms with Gasteiger partial charge in [0.1, 0.15) is 0 Å². The molecule has 0 aliphatic heterocycles. The van der Waals surface area contributed by atoms with E-state index in [1.54, 1.807) is 11.3 Å². The van der Waals surface area contributed by atoms with Crippen LogP contribution in [0.3, 0.4) is 0 Å². The topological polar surface area (TPSA) is 24.9 Å². The minimum atomic E-state index is 0.924. The van der Waals surface area contributed by atoms with Crippen LogP contribution in [0, 0.1) is 10.5 Å². The molecule has 1 heterocycles. The Balaban J connectivity index is 1.84. The van der Waals surface area contributed by atoms with Crippen LogP contribution in [-0.4, -0.2) is 4.98 Å². The van der Waals surface area contributed by atoms with Gasteiger partial charge in [-0.05, 0) is 53.3 Å². The number of aromatic nitrogens is 1. The fourth-order valence-corrected chi connectivity index (χ4v) is 3.00. The molecule has 0 saturated heterocycles. The molecule has 0 fully saturated rings. The van der Waals surface area contributed by atoms with E-state index < -0.39 is 0 Å². The first-order chi connectivity index (χ1) is 9.72. The first kappa shape index (κ1) is 13.6. The van der Waals surface area contributed by atoms with Gasteiger partial charge in [0, 0.05) is 20.2 Å². The number of halogens is 1. The van der Waals surface area contributed by atoms with Gasteiger partial charge >= 0.3 is 0 Å². The van der Waals surface area contributed by atoms with Crippen molar-refractivity contribution < 1.29 is 0 Å². The minimum Gasteiger partial charge on any atom is -0.331 e. The summed E-state index contributed by atoms with van der Waals surface area (Å²) in [5, 5.41) is 6.39. The standard InChI is InChI=1S/C16H13IN2S/c1-11-4-2-3-5-14(11)18-16-19-15(10-20-16)12-6-8-13(17)9-7-12/h2-10H,1H3,(H,18,19). The number of hydrogen-bond donors (Lipinski definition) is 1. The number of nitrogens with one attached hydrogen (secondary N) is 1. The highest BCUT2D eigenvalue weighted by atomic mass is 127. The highest BCUT2D eigenvalue weighted by molar-refractivity contribution is 14.1. The summed E-state index contributed by atoms with van der Waals surface area (Å²) in [6, 6.07) is 16.6. The summed E-state index contributed by atoms with van der Waals surface area (Å²) < 4.78 is 1.24. The SMILES string of the molecule is Cc1ccccc1Nc1nc(-c2ccc(I)cc2)cs1. The molecule has 0 unspecified atom stereocenters. The Morgan fingerprint density at radius 3 is 2.55 bits per heavy atom. The van der Waals surface area contributed by atoms with E-state index in [0.717, 1.165) is 22.1 Å². The second-order valence-electron chi connectivity index (χ2n) is 4.48. The van der Waals surface area contributed by atoms with E-state index in [-0.39, 0.29) is 0 Å². The largest absolute Gasteiger partial charge is 0.331 e. The molecule has 0 amide bonds. The van der Waals surface area contributed by atoms with E-state index in [9.17, 15) is 0 Å². The second-order valence-corrected chi connectivity index (χ2v) is 6.59. The van der Waals surface area contributed by atoms with E-state index in [1.807, 2.05) is 12.1 Å². The van der Waals surface area contributed by atoms with Crippen LogP contribution < -0.4 is 5.32 Å². The molecule has 0 spiro atoms. The van der Waals surface area contributed by atoms with Crippen molar-refractivity contribution in [2.24, 2.45) is 0 Å². The van der Waals surface area contributed by atoms with Gasteiger partial charge in [-0.3, -0.25) is 0 Å². The van der Waals surface area contributed by atoms with Crippen molar-refractivity contribution in [3.05, 3.63) is 63.0 Å². The lowest BCUT2D eigenvalue weighted by Crippen LogP contribution is -1.91. The normalized spacial score (nSPS) is 10.5. The number of hydrogen-bond acceptors (Lipinski definition) is 3. The Kier molecular flexibility index (Phi) is 4.03. The number of anilines is 2. The molecule has 4 heteroatoms. The maximum Gasteiger partial charge on any atom is 0.187 e. The highest BCUT2D eigenvalue weighted by Gasteiger charge is 2.05. The summed E-state index contributed by atoms with van der Waals surface area (Å²) in [5.74, 6) is 0. The maximum atomic E-state index is 4.65. The van der Waals surface area contributed by atoms with Crippen molar-refractivity contribution in [3.8, 4) is 11.3 Å². The first-order valence-electron chi connectivity index (χ1n) is 6.26. The van der Waals surface area contributed by atoms with E-state index >= 15 is 0 Å². The molecule has 1 aromatic heterocycles. The van der Waals surface area contributed by atoms with Crippen molar-refractivity contribution in [2.45, 2.75) is 6.92 Å². The van der Waals surface area contributed by atoms with Crippen LogP contribution in [0.5, 0.6) is 0 Å². The summed E-state index contributed by atoms with van der Waals surface area (Å²) >= 11 is 3.94. The van der Waals surface area contributed by atoms with Gasteiger partial charge in [0.2, 0.25) is 0 Å². The van der Waals surface area contributed by atoms with Crippen molar-refractivity contribution in [2.75, 3.05) is 5.32 Å². The predicted octanol–water partition coefficient (Wildman–Crippen LogP) is 5.47. The molecular weight excluding hydrogens is 379 g/mol. The second kappa shape index (κ2) is 5.93. The Morgan fingerprint density at radius 2 is 1.80 bits per heavy atom. The number of nitrogens with zero attached hydrogens (tertiary/aromatic N) is 1. The Hall–Kier alpha value is -1.40. The number of aryl methyl sites for hydroxylation is 1. The quantitative estimate of drug-likeness (QED) is 0.599. The van der Waals surface area contributed by atoms with Gasteiger partial charge in [-0.15, -0.1) is 11.3 Å². The molecule has 0 aliphatic carbocycles. The smallest absolute Gasteiger partial charge is 0.187 e. The van der Waals surface area contributed by atoms with Crippen LogP contribution in [0.25, 0.3) is 11.3 Å². The van der Waals surface area contributed by atoms with Crippen LogP contribution in [0.1, 0.15) is 5.56 Å². The van der Waals surface area contributed by atoms with Crippen molar-refractivity contribution in [1.82, 2.24) is 4.98 Å². The minimum absolute atomic E-state index is 0.924. The fraction of sp³-hybridized carbons (Fsp3) is 0.0625. The average molecular weight is 392 g/mol. The number of benzene rings is 2. The Labute approximate surface area is 136 Å². The highest BCUT2D eigenvalue weighted by Crippen LogP contribution is 2.28. The number of rotatable bonds is 3. The van der Waals surface area contributed by atoms with Gasteiger partial charge in [-0.1, -0.05) is 30.3 Å². The lowest BCUT2D eigenvalue weighted by Gasteiger charge is -2.05. The molecule has 0 bridgehead atoms. The van der Waals surface area contributed by atoms with E-state index in [1.165, 1.54) is 9.13 Å². The lowest BCUT2D eigenvalue weighted by atomic mass is 10.2. The van der Waals surface area contributed by atoms with Gasteiger partial charge in [0.05, 0.1) is 5.69 Å². The monoisotopic (exact) mass is 392 g/mol. The van der Waals surface area contributed by atoms with Gasteiger partial charge in [-0.2, -0.15) is 0 Å².